The molecule has 2 atom stereocenters. The van der Waals surface area contributed by atoms with Crippen molar-refractivity contribution in [2.75, 3.05) is 12.0 Å². The molecule has 0 unspecified atom stereocenters. The molecule has 0 saturated carbocycles. The highest BCUT2D eigenvalue weighted by Crippen LogP contribution is 2.48. The van der Waals surface area contributed by atoms with Crippen LogP contribution in [0.2, 0.25) is 0 Å². The van der Waals surface area contributed by atoms with Gasteiger partial charge in [-0.1, -0.05) is 60.2 Å². The predicted molar refractivity (Wildman–Crippen MR) is 126 cm³/mol. The van der Waals surface area contributed by atoms with Crippen LogP contribution < -0.4 is 4.90 Å². The zero-order valence-electron chi connectivity index (χ0n) is 19.2. The third-order valence-corrected chi connectivity index (χ3v) is 5.83. The number of fused-ring (bicyclic) bond motifs is 3. The number of carbonyl (C=O) groups excluding carboxylic acids is 2. The van der Waals surface area contributed by atoms with Gasteiger partial charge >= 0.3 is 12.1 Å². The zero-order chi connectivity index (χ0) is 23.0. The lowest BCUT2D eigenvalue weighted by atomic mass is 9.86. The van der Waals surface area contributed by atoms with E-state index in [1.807, 2.05) is 64.1 Å². The van der Waals surface area contributed by atoms with Crippen LogP contribution in [0.4, 0.5) is 10.5 Å². The van der Waals surface area contributed by atoms with Gasteiger partial charge in [0, 0.05) is 17.1 Å². The predicted octanol–water partition coefficient (Wildman–Crippen LogP) is 5.79. The van der Waals surface area contributed by atoms with E-state index in [-0.39, 0.29) is 17.9 Å². The van der Waals surface area contributed by atoms with Gasteiger partial charge in [0.2, 0.25) is 0 Å². The summed E-state index contributed by atoms with van der Waals surface area (Å²) >= 11 is 0. The summed E-state index contributed by atoms with van der Waals surface area (Å²) in [6.45, 7) is 7.63. The number of amides is 1. The smallest absolute Gasteiger partial charge is 0.415 e. The number of allylic oxidation sites excluding steroid dienone is 1. The minimum Gasteiger partial charge on any atom is -0.466 e. The Kier molecular flexibility index (Phi) is 5.68. The number of ether oxygens (including phenoxy) is 2. The van der Waals surface area contributed by atoms with Gasteiger partial charge in [-0.05, 0) is 51.3 Å². The van der Waals surface area contributed by atoms with Crippen LogP contribution in [-0.2, 0) is 14.3 Å². The van der Waals surface area contributed by atoms with Gasteiger partial charge in [-0.15, -0.1) is 0 Å². The highest BCUT2D eigenvalue weighted by molar-refractivity contribution is 6.03. The maximum atomic E-state index is 13.5. The number of nitrogens with zero attached hydrogens (tertiary/aromatic N) is 1. The molecule has 4 rings (SSSR count). The summed E-state index contributed by atoms with van der Waals surface area (Å²) in [6.07, 6.45) is 4.04. The fourth-order valence-electron chi connectivity index (χ4n) is 4.43. The van der Waals surface area contributed by atoms with Crippen LogP contribution in [0.15, 0.2) is 66.3 Å². The van der Waals surface area contributed by atoms with Gasteiger partial charge in [0.05, 0.1) is 18.8 Å². The van der Waals surface area contributed by atoms with E-state index in [1.54, 1.807) is 4.90 Å². The molecule has 0 N–H and O–H groups in total. The van der Waals surface area contributed by atoms with Crippen molar-refractivity contribution < 1.29 is 19.1 Å². The molecule has 2 aliphatic rings. The van der Waals surface area contributed by atoms with E-state index in [0.717, 1.165) is 28.0 Å². The quantitative estimate of drug-likeness (QED) is 0.565. The minimum absolute atomic E-state index is 0.238. The molecule has 1 heterocycles. The average molecular weight is 432 g/mol. The lowest BCUT2D eigenvalue weighted by molar-refractivity contribution is -0.136. The second-order valence-electron chi connectivity index (χ2n) is 9.30. The van der Waals surface area contributed by atoms with Gasteiger partial charge in [-0.2, -0.15) is 0 Å². The maximum absolute atomic E-state index is 13.5. The zero-order valence-corrected chi connectivity index (χ0v) is 19.2. The van der Waals surface area contributed by atoms with E-state index in [1.165, 1.54) is 7.11 Å². The number of anilines is 1. The largest absolute Gasteiger partial charge is 0.466 e. The maximum Gasteiger partial charge on any atom is 0.415 e. The Morgan fingerprint density at radius 3 is 2.38 bits per heavy atom. The Labute approximate surface area is 189 Å². The number of methoxy groups -OCH3 is 1. The van der Waals surface area contributed by atoms with Crippen molar-refractivity contribution >= 4 is 23.3 Å². The first-order valence-electron chi connectivity index (χ1n) is 10.9. The fraction of sp³-hybridized carbons (Fsp3) is 0.333. The van der Waals surface area contributed by atoms with E-state index in [2.05, 4.69) is 24.3 Å². The normalized spacial score (nSPS) is 19.8. The van der Waals surface area contributed by atoms with E-state index >= 15 is 0 Å². The van der Waals surface area contributed by atoms with E-state index in [4.69, 9.17) is 9.47 Å². The molecule has 166 valence electrons. The summed E-state index contributed by atoms with van der Waals surface area (Å²) in [5, 5.41) is 0. The lowest BCUT2D eigenvalue weighted by Gasteiger charge is -2.33. The second-order valence-corrected chi connectivity index (χ2v) is 9.30. The van der Waals surface area contributed by atoms with E-state index in [0.29, 0.717) is 12.0 Å². The molecule has 5 heteroatoms. The number of para-hydroxylation sites is 1. The molecular weight excluding hydrogens is 402 g/mol. The SMILES string of the molecule is COC(=O)C1=C[C@@H](c2ccc(C)cc2)[C@@H]2C(=CC1)c1ccccc1N2C(=O)OC(C)(C)C. The fourth-order valence-corrected chi connectivity index (χ4v) is 4.43. The highest BCUT2D eigenvalue weighted by atomic mass is 16.6. The Morgan fingerprint density at radius 1 is 1.03 bits per heavy atom. The first-order valence-corrected chi connectivity index (χ1v) is 10.9. The summed E-state index contributed by atoms with van der Waals surface area (Å²) < 4.78 is 10.9. The topological polar surface area (TPSA) is 55.8 Å². The monoisotopic (exact) mass is 431 g/mol. The Hall–Kier alpha value is -3.34. The Bertz CT molecular complexity index is 1110. The number of hydrogen-bond acceptors (Lipinski definition) is 4. The summed E-state index contributed by atoms with van der Waals surface area (Å²) in [5.41, 5.74) is 4.96. The highest BCUT2D eigenvalue weighted by Gasteiger charge is 2.44. The number of aryl methyl sites for hydroxylation is 1. The molecule has 1 amide bonds. The van der Waals surface area contributed by atoms with Gasteiger partial charge in [0.15, 0.2) is 0 Å². The van der Waals surface area contributed by atoms with Gasteiger partial charge in [-0.3, -0.25) is 4.90 Å². The van der Waals surface area contributed by atoms with E-state index < -0.39 is 11.7 Å². The molecule has 0 radical (unpaired) electrons. The molecule has 5 nitrogen and oxygen atoms in total. The Balaban J connectivity index is 1.90. The van der Waals surface area contributed by atoms with Crippen molar-refractivity contribution in [1.29, 1.82) is 0 Å². The van der Waals surface area contributed by atoms with Crippen LogP contribution >= 0.6 is 0 Å². The summed E-state index contributed by atoms with van der Waals surface area (Å²) in [4.78, 5) is 27.7. The molecule has 0 spiro atoms. The molecule has 2 aromatic carbocycles. The molecule has 1 aliphatic heterocycles. The minimum atomic E-state index is -0.629. The molecule has 0 saturated heterocycles. The lowest BCUT2D eigenvalue weighted by Crippen LogP contribution is -2.43. The number of carbonyl (C=O) groups is 2. The molecule has 32 heavy (non-hydrogen) atoms. The van der Waals surface area contributed by atoms with Gasteiger partial charge < -0.3 is 9.47 Å². The first-order chi connectivity index (χ1) is 15.2. The van der Waals surface area contributed by atoms with Crippen LogP contribution in [0.5, 0.6) is 0 Å². The third-order valence-electron chi connectivity index (χ3n) is 5.83. The number of hydrogen-bond donors (Lipinski definition) is 0. The van der Waals surface area contributed by atoms with Gasteiger partial charge in [-0.25, -0.2) is 9.59 Å². The number of benzene rings is 2. The van der Waals surface area contributed by atoms with Crippen molar-refractivity contribution in [2.24, 2.45) is 0 Å². The summed E-state index contributed by atoms with van der Waals surface area (Å²) in [6, 6.07) is 15.8. The van der Waals surface area contributed by atoms with Crippen molar-refractivity contribution in [3.05, 3.63) is 82.9 Å². The van der Waals surface area contributed by atoms with Crippen LogP contribution in [0, 0.1) is 6.92 Å². The first kappa shape index (κ1) is 21.9. The summed E-state index contributed by atoms with van der Waals surface area (Å²) in [7, 11) is 1.39. The van der Waals surface area contributed by atoms with Crippen molar-refractivity contribution in [3.8, 4) is 0 Å². The van der Waals surface area contributed by atoms with Crippen LogP contribution in [-0.4, -0.2) is 30.8 Å². The molecule has 0 fully saturated rings. The van der Waals surface area contributed by atoms with Gasteiger partial charge in [0.25, 0.3) is 0 Å². The van der Waals surface area contributed by atoms with Crippen LogP contribution in [0.3, 0.4) is 0 Å². The van der Waals surface area contributed by atoms with Crippen molar-refractivity contribution in [2.45, 2.75) is 51.7 Å². The van der Waals surface area contributed by atoms with Gasteiger partial charge in [0.1, 0.15) is 5.60 Å². The molecule has 2 aromatic rings. The summed E-state index contributed by atoms with van der Waals surface area (Å²) in [5.74, 6) is -0.589. The molecule has 1 aliphatic carbocycles. The van der Waals surface area contributed by atoms with Crippen LogP contribution in [0.25, 0.3) is 5.57 Å². The third kappa shape index (κ3) is 4.07. The molecular formula is C27H29NO4. The van der Waals surface area contributed by atoms with Crippen molar-refractivity contribution in [1.82, 2.24) is 0 Å². The van der Waals surface area contributed by atoms with E-state index in [9.17, 15) is 9.59 Å². The number of esters is 1. The van der Waals surface area contributed by atoms with Crippen molar-refractivity contribution in [3.63, 3.8) is 0 Å². The average Bonchev–Trinajstić information content (AvgIpc) is 2.94. The second kappa shape index (κ2) is 8.30. The molecule has 0 bridgehead atoms. The Morgan fingerprint density at radius 2 is 1.72 bits per heavy atom. The standard InChI is InChI=1S/C27H29NO4/c1-17-10-12-18(13-11-17)22-16-19(25(29)31-5)14-15-21-20-8-6-7-9-23(20)28(24(21)22)26(30)32-27(2,3)4/h6-13,15-16,22,24H,14H2,1-5H3/t22-,24-/m0/s1. The van der Waals surface area contributed by atoms with Crippen LogP contribution in [0.1, 0.15) is 49.8 Å². The number of rotatable bonds is 2. The molecule has 0 aromatic heterocycles.